The molecule has 0 aromatic heterocycles. The lowest BCUT2D eigenvalue weighted by atomic mass is 9.97. The zero-order valence-electron chi connectivity index (χ0n) is 16.0. The summed E-state index contributed by atoms with van der Waals surface area (Å²) in [4.78, 5) is 7.25. The third kappa shape index (κ3) is 6.67. The van der Waals surface area contributed by atoms with E-state index in [0.717, 1.165) is 58.3 Å². The van der Waals surface area contributed by atoms with E-state index in [1.54, 1.807) is 0 Å². The number of hydrogen-bond donors (Lipinski definition) is 2. The molecule has 0 spiro atoms. The van der Waals surface area contributed by atoms with Crippen LogP contribution in [0.25, 0.3) is 0 Å². The van der Waals surface area contributed by atoms with Crippen molar-refractivity contribution in [3.8, 4) is 0 Å². The van der Waals surface area contributed by atoms with Crippen LogP contribution in [0.1, 0.15) is 38.7 Å². The molecule has 25 heavy (non-hydrogen) atoms. The maximum atomic E-state index is 5.43. The fourth-order valence-corrected chi connectivity index (χ4v) is 3.14. The fourth-order valence-electron chi connectivity index (χ4n) is 3.14. The van der Waals surface area contributed by atoms with Gasteiger partial charge < -0.3 is 15.4 Å². The van der Waals surface area contributed by atoms with Gasteiger partial charge >= 0.3 is 0 Å². The Morgan fingerprint density at radius 3 is 2.52 bits per heavy atom. The molecule has 1 heterocycles. The van der Waals surface area contributed by atoms with Crippen LogP contribution in [0.15, 0.2) is 35.3 Å². The highest BCUT2D eigenvalue weighted by atomic mass is 16.5. The minimum atomic E-state index is 0.440. The predicted molar refractivity (Wildman–Crippen MR) is 105 cm³/mol. The summed E-state index contributed by atoms with van der Waals surface area (Å²) >= 11 is 0. The van der Waals surface area contributed by atoms with Gasteiger partial charge in [0.2, 0.25) is 0 Å². The number of nitrogens with one attached hydrogen (secondary N) is 2. The molecule has 140 valence electrons. The molecule has 2 unspecified atom stereocenters. The van der Waals surface area contributed by atoms with Gasteiger partial charge in [0.15, 0.2) is 5.96 Å². The lowest BCUT2D eigenvalue weighted by Gasteiger charge is -2.31. The molecule has 1 aliphatic rings. The number of ether oxygens (including phenoxy) is 1. The first-order chi connectivity index (χ1) is 12.2. The van der Waals surface area contributed by atoms with E-state index in [0.29, 0.717) is 12.0 Å². The highest BCUT2D eigenvalue weighted by molar-refractivity contribution is 5.79. The smallest absolute Gasteiger partial charge is 0.191 e. The van der Waals surface area contributed by atoms with Crippen molar-refractivity contribution in [2.24, 2.45) is 4.99 Å². The van der Waals surface area contributed by atoms with Crippen LogP contribution in [-0.2, 0) is 4.74 Å². The SMILES string of the molecule is CCNC(=NCC(C)N1CCOCC1)NCC(CC)c1ccccc1. The van der Waals surface area contributed by atoms with Crippen molar-refractivity contribution in [3.63, 3.8) is 0 Å². The van der Waals surface area contributed by atoms with Gasteiger partial charge in [0.25, 0.3) is 0 Å². The molecule has 0 radical (unpaired) electrons. The number of nitrogens with zero attached hydrogens (tertiary/aromatic N) is 2. The summed E-state index contributed by atoms with van der Waals surface area (Å²) in [6.45, 7) is 12.9. The van der Waals surface area contributed by atoms with Gasteiger partial charge in [-0.15, -0.1) is 0 Å². The number of benzene rings is 1. The summed E-state index contributed by atoms with van der Waals surface area (Å²) in [6.07, 6.45) is 1.11. The third-order valence-electron chi connectivity index (χ3n) is 4.81. The molecule has 0 bridgehead atoms. The van der Waals surface area contributed by atoms with Crippen molar-refractivity contribution < 1.29 is 4.74 Å². The van der Waals surface area contributed by atoms with Crippen LogP contribution in [0.3, 0.4) is 0 Å². The summed E-state index contributed by atoms with van der Waals surface area (Å²) in [5.41, 5.74) is 1.38. The summed E-state index contributed by atoms with van der Waals surface area (Å²) in [6, 6.07) is 11.2. The second-order valence-electron chi connectivity index (χ2n) is 6.61. The Morgan fingerprint density at radius 1 is 1.16 bits per heavy atom. The molecule has 1 aliphatic heterocycles. The number of aliphatic imine (C=N–C) groups is 1. The standard InChI is InChI=1S/C20H34N4O/c1-4-18(19-9-7-6-8-10-19)16-23-20(21-5-2)22-15-17(3)24-11-13-25-14-12-24/h6-10,17-18H,4-5,11-16H2,1-3H3,(H2,21,22,23). The monoisotopic (exact) mass is 346 g/mol. The molecular weight excluding hydrogens is 312 g/mol. The minimum absolute atomic E-state index is 0.440. The van der Waals surface area contributed by atoms with Crippen LogP contribution in [0, 0.1) is 0 Å². The molecular formula is C20H34N4O. The number of hydrogen-bond acceptors (Lipinski definition) is 3. The highest BCUT2D eigenvalue weighted by Crippen LogP contribution is 2.17. The zero-order valence-corrected chi connectivity index (χ0v) is 16.0. The van der Waals surface area contributed by atoms with Crippen molar-refractivity contribution in [1.29, 1.82) is 0 Å². The fraction of sp³-hybridized carbons (Fsp3) is 0.650. The van der Waals surface area contributed by atoms with Crippen LogP contribution in [0.5, 0.6) is 0 Å². The average molecular weight is 347 g/mol. The van der Waals surface area contributed by atoms with Crippen molar-refractivity contribution in [1.82, 2.24) is 15.5 Å². The van der Waals surface area contributed by atoms with Crippen LogP contribution < -0.4 is 10.6 Å². The maximum absolute atomic E-state index is 5.43. The first kappa shape index (κ1) is 19.7. The quantitative estimate of drug-likeness (QED) is 0.561. The average Bonchev–Trinajstić information content (AvgIpc) is 2.67. The van der Waals surface area contributed by atoms with E-state index in [9.17, 15) is 0 Å². The largest absolute Gasteiger partial charge is 0.379 e. The van der Waals surface area contributed by atoms with E-state index in [2.05, 4.69) is 66.6 Å². The molecule has 2 rings (SSSR count). The van der Waals surface area contributed by atoms with Crippen molar-refractivity contribution in [3.05, 3.63) is 35.9 Å². The normalized spacial score (nSPS) is 18.6. The van der Waals surface area contributed by atoms with Gasteiger partial charge in [0.1, 0.15) is 0 Å². The molecule has 0 aliphatic carbocycles. The number of guanidine groups is 1. The Kier molecular flexibility index (Phi) is 8.77. The molecule has 1 saturated heterocycles. The number of rotatable bonds is 8. The van der Waals surface area contributed by atoms with E-state index in [-0.39, 0.29) is 0 Å². The van der Waals surface area contributed by atoms with Crippen molar-refractivity contribution in [2.45, 2.75) is 39.2 Å². The molecule has 2 atom stereocenters. The predicted octanol–water partition coefficient (Wildman–Crippen LogP) is 2.46. The summed E-state index contributed by atoms with van der Waals surface area (Å²) in [5, 5.41) is 6.89. The first-order valence-electron chi connectivity index (χ1n) is 9.63. The van der Waals surface area contributed by atoms with Crippen LogP contribution >= 0.6 is 0 Å². The molecule has 0 amide bonds. The molecule has 1 fully saturated rings. The van der Waals surface area contributed by atoms with Gasteiger partial charge in [-0.25, -0.2) is 0 Å². The first-order valence-corrected chi connectivity index (χ1v) is 9.63. The Labute approximate surface area is 152 Å². The Balaban J connectivity index is 1.88. The molecule has 1 aromatic rings. The third-order valence-corrected chi connectivity index (χ3v) is 4.81. The second kappa shape index (κ2) is 11.1. The lowest BCUT2D eigenvalue weighted by Crippen LogP contribution is -2.45. The van der Waals surface area contributed by atoms with Gasteiger partial charge in [-0.1, -0.05) is 37.3 Å². The number of morpholine rings is 1. The van der Waals surface area contributed by atoms with E-state index in [4.69, 9.17) is 9.73 Å². The van der Waals surface area contributed by atoms with E-state index in [1.165, 1.54) is 5.56 Å². The summed E-state index contributed by atoms with van der Waals surface area (Å²) in [5.74, 6) is 1.42. The lowest BCUT2D eigenvalue weighted by molar-refractivity contribution is 0.0220. The molecule has 2 N–H and O–H groups in total. The molecule has 5 heteroatoms. The van der Waals surface area contributed by atoms with Gasteiger partial charge in [-0.3, -0.25) is 9.89 Å². The van der Waals surface area contributed by atoms with E-state index < -0.39 is 0 Å². The van der Waals surface area contributed by atoms with Gasteiger partial charge in [-0.05, 0) is 25.8 Å². The summed E-state index contributed by atoms with van der Waals surface area (Å²) in [7, 11) is 0. The van der Waals surface area contributed by atoms with Crippen LogP contribution in [-0.4, -0.2) is 62.8 Å². The minimum Gasteiger partial charge on any atom is -0.379 e. The van der Waals surface area contributed by atoms with Crippen molar-refractivity contribution in [2.75, 3.05) is 45.9 Å². The Bertz CT molecular complexity index is 500. The molecule has 1 aromatic carbocycles. The van der Waals surface area contributed by atoms with Gasteiger partial charge in [-0.2, -0.15) is 0 Å². The van der Waals surface area contributed by atoms with Crippen LogP contribution in [0.2, 0.25) is 0 Å². The highest BCUT2D eigenvalue weighted by Gasteiger charge is 2.17. The maximum Gasteiger partial charge on any atom is 0.191 e. The zero-order chi connectivity index (χ0) is 17.9. The molecule has 5 nitrogen and oxygen atoms in total. The molecule has 0 saturated carbocycles. The Morgan fingerprint density at radius 2 is 1.88 bits per heavy atom. The van der Waals surface area contributed by atoms with Crippen molar-refractivity contribution >= 4 is 5.96 Å². The topological polar surface area (TPSA) is 48.9 Å². The van der Waals surface area contributed by atoms with Crippen LogP contribution in [0.4, 0.5) is 0 Å². The second-order valence-corrected chi connectivity index (χ2v) is 6.61. The van der Waals surface area contributed by atoms with E-state index >= 15 is 0 Å². The Hall–Kier alpha value is -1.59. The van der Waals surface area contributed by atoms with E-state index in [1.807, 2.05) is 0 Å². The van der Waals surface area contributed by atoms with Gasteiger partial charge in [0.05, 0.1) is 19.8 Å². The van der Waals surface area contributed by atoms with Gasteiger partial charge in [0, 0.05) is 38.1 Å². The summed E-state index contributed by atoms with van der Waals surface area (Å²) < 4.78 is 5.43.